The second-order valence-corrected chi connectivity index (χ2v) is 8.03. The number of anilines is 2. The fraction of sp³-hybridized carbons (Fsp3) is 0.280. The molecule has 4 rings (SSSR count). The Hall–Kier alpha value is -3.39. The van der Waals surface area contributed by atoms with E-state index in [9.17, 15) is 18.0 Å². The van der Waals surface area contributed by atoms with Crippen LogP contribution in [0.1, 0.15) is 16.7 Å². The average molecular weight is 454 g/mol. The highest BCUT2D eigenvalue weighted by Gasteiger charge is 2.31. The number of halogens is 3. The third-order valence-corrected chi connectivity index (χ3v) is 5.67. The fourth-order valence-corrected chi connectivity index (χ4v) is 3.88. The molecule has 0 unspecified atom stereocenters. The van der Waals surface area contributed by atoms with Crippen LogP contribution in [-0.4, -0.2) is 48.5 Å². The van der Waals surface area contributed by atoms with E-state index in [4.69, 9.17) is 0 Å². The molecular formula is C25H25F3N4O. The number of nitrogens with zero attached hydrogens (tertiary/aromatic N) is 3. The van der Waals surface area contributed by atoms with Crippen LogP contribution >= 0.6 is 0 Å². The van der Waals surface area contributed by atoms with Crippen LogP contribution in [0.15, 0.2) is 72.9 Å². The van der Waals surface area contributed by atoms with Crippen LogP contribution in [0.25, 0.3) is 0 Å². The number of carbonyl (C=O) groups excluding carboxylic acids is 1. The van der Waals surface area contributed by atoms with Crippen LogP contribution in [0, 0.1) is 0 Å². The van der Waals surface area contributed by atoms with Gasteiger partial charge in [0, 0.05) is 38.1 Å². The third-order valence-electron chi connectivity index (χ3n) is 5.67. The van der Waals surface area contributed by atoms with Gasteiger partial charge in [0.25, 0.3) is 0 Å². The predicted molar refractivity (Wildman–Crippen MR) is 122 cm³/mol. The van der Waals surface area contributed by atoms with Gasteiger partial charge in [0.15, 0.2) is 0 Å². The van der Waals surface area contributed by atoms with Crippen LogP contribution < -0.4 is 10.2 Å². The molecule has 0 saturated carbocycles. The van der Waals surface area contributed by atoms with E-state index in [0.29, 0.717) is 32.0 Å². The van der Waals surface area contributed by atoms with Crippen molar-refractivity contribution in [1.29, 1.82) is 0 Å². The van der Waals surface area contributed by atoms with E-state index < -0.39 is 11.7 Å². The lowest BCUT2D eigenvalue weighted by molar-refractivity contribution is -0.137. The van der Waals surface area contributed by atoms with Gasteiger partial charge in [-0.3, -0.25) is 9.69 Å². The lowest BCUT2D eigenvalue weighted by Gasteiger charge is -2.35. The first-order chi connectivity index (χ1) is 15.9. The highest BCUT2D eigenvalue weighted by Crippen LogP contribution is 2.29. The zero-order valence-electron chi connectivity index (χ0n) is 18.1. The van der Waals surface area contributed by atoms with Crippen molar-refractivity contribution in [2.24, 2.45) is 0 Å². The Morgan fingerprint density at radius 3 is 2.27 bits per heavy atom. The molecule has 1 aliphatic rings. The summed E-state index contributed by atoms with van der Waals surface area (Å²) in [5.74, 6) is 0.429. The third kappa shape index (κ3) is 6.10. The summed E-state index contributed by atoms with van der Waals surface area (Å²) >= 11 is 0. The summed E-state index contributed by atoms with van der Waals surface area (Å²) in [6.07, 6.45) is -2.80. The first kappa shape index (κ1) is 22.8. The van der Waals surface area contributed by atoms with E-state index in [0.717, 1.165) is 29.9 Å². The second-order valence-electron chi connectivity index (χ2n) is 8.03. The molecule has 0 atom stereocenters. The van der Waals surface area contributed by atoms with Crippen molar-refractivity contribution < 1.29 is 18.0 Å². The number of amides is 1. The number of aromatic nitrogens is 1. The number of hydrogen-bond acceptors (Lipinski definition) is 4. The molecule has 1 amide bonds. The van der Waals surface area contributed by atoms with Crippen LogP contribution in [-0.2, 0) is 17.4 Å². The molecule has 2 heterocycles. The Morgan fingerprint density at radius 2 is 1.61 bits per heavy atom. The summed E-state index contributed by atoms with van der Waals surface area (Å²) in [4.78, 5) is 20.6. The van der Waals surface area contributed by atoms with Gasteiger partial charge in [-0.25, -0.2) is 4.98 Å². The van der Waals surface area contributed by atoms with Gasteiger partial charge >= 0.3 is 6.18 Å². The largest absolute Gasteiger partial charge is 0.417 e. The number of rotatable bonds is 6. The molecule has 5 nitrogen and oxygen atoms in total. The minimum Gasteiger partial charge on any atom is -0.354 e. The number of benzene rings is 2. The summed E-state index contributed by atoms with van der Waals surface area (Å²) in [6, 6.07) is 20.3. The fourth-order valence-electron chi connectivity index (χ4n) is 3.88. The van der Waals surface area contributed by atoms with Gasteiger partial charge in [-0.05, 0) is 35.7 Å². The quantitative estimate of drug-likeness (QED) is 0.598. The minimum atomic E-state index is -4.39. The van der Waals surface area contributed by atoms with E-state index in [1.54, 1.807) is 0 Å². The molecule has 1 aliphatic heterocycles. The molecule has 1 saturated heterocycles. The highest BCUT2D eigenvalue weighted by molar-refractivity contribution is 5.93. The van der Waals surface area contributed by atoms with Crippen molar-refractivity contribution in [3.05, 3.63) is 89.6 Å². The normalized spacial score (nSPS) is 14.8. The van der Waals surface area contributed by atoms with Crippen LogP contribution in [0.5, 0.6) is 0 Å². The number of nitrogens with one attached hydrogen (secondary N) is 1. The maximum atomic E-state index is 12.7. The molecule has 172 valence electrons. The van der Waals surface area contributed by atoms with Crippen molar-refractivity contribution >= 4 is 17.4 Å². The average Bonchev–Trinajstić information content (AvgIpc) is 2.81. The smallest absolute Gasteiger partial charge is 0.354 e. The Balaban J connectivity index is 1.29. The van der Waals surface area contributed by atoms with E-state index in [2.05, 4.69) is 22.4 Å². The van der Waals surface area contributed by atoms with Crippen LogP contribution in [0.3, 0.4) is 0 Å². The van der Waals surface area contributed by atoms with Crippen molar-refractivity contribution in [2.75, 3.05) is 42.9 Å². The summed E-state index contributed by atoms with van der Waals surface area (Å²) in [6.45, 7) is 2.70. The standard InChI is InChI=1S/C25H25F3N4O/c26-25(27,28)21-10-11-23(29-17-21)32-14-12-31(13-15-32)18-24(33)30-22-9-5-4-8-20(22)16-19-6-2-1-3-7-19/h1-11,17H,12-16,18H2,(H,30,33). The number of carbonyl (C=O) groups is 1. The number of hydrogen-bond donors (Lipinski definition) is 1. The molecule has 0 radical (unpaired) electrons. The maximum absolute atomic E-state index is 12.7. The van der Waals surface area contributed by atoms with Gasteiger partial charge in [-0.1, -0.05) is 48.5 Å². The topological polar surface area (TPSA) is 48.5 Å². The SMILES string of the molecule is O=C(CN1CCN(c2ccc(C(F)(F)F)cn2)CC1)Nc1ccccc1Cc1ccccc1. The Bertz CT molecular complexity index is 1060. The van der Waals surface area contributed by atoms with Crippen LogP contribution in [0.4, 0.5) is 24.7 Å². The molecule has 33 heavy (non-hydrogen) atoms. The van der Waals surface area contributed by atoms with Crippen molar-refractivity contribution in [1.82, 2.24) is 9.88 Å². The molecule has 8 heteroatoms. The minimum absolute atomic E-state index is 0.0865. The molecule has 2 aromatic carbocycles. The predicted octanol–water partition coefficient (Wildman–Crippen LogP) is 4.45. The first-order valence-electron chi connectivity index (χ1n) is 10.8. The zero-order chi connectivity index (χ0) is 23.3. The molecule has 3 aromatic rings. The van der Waals surface area contributed by atoms with Crippen molar-refractivity contribution in [3.8, 4) is 0 Å². The van der Waals surface area contributed by atoms with Crippen LogP contribution in [0.2, 0.25) is 0 Å². The van der Waals surface area contributed by atoms with E-state index in [1.807, 2.05) is 52.3 Å². The van der Waals surface area contributed by atoms with Gasteiger partial charge in [-0.2, -0.15) is 13.2 Å². The van der Waals surface area contributed by atoms with E-state index in [-0.39, 0.29) is 12.5 Å². The van der Waals surface area contributed by atoms with Crippen molar-refractivity contribution in [2.45, 2.75) is 12.6 Å². The van der Waals surface area contributed by atoms with Gasteiger partial charge in [0.2, 0.25) is 5.91 Å². The summed E-state index contributed by atoms with van der Waals surface area (Å²) < 4.78 is 38.2. The van der Waals surface area contributed by atoms with Gasteiger partial charge in [-0.15, -0.1) is 0 Å². The van der Waals surface area contributed by atoms with E-state index >= 15 is 0 Å². The lowest BCUT2D eigenvalue weighted by atomic mass is 10.0. The Morgan fingerprint density at radius 1 is 0.909 bits per heavy atom. The number of para-hydroxylation sites is 1. The van der Waals surface area contributed by atoms with Gasteiger partial charge < -0.3 is 10.2 Å². The zero-order valence-corrected chi connectivity index (χ0v) is 18.1. The molecule has 0 aliphatic carbocycles. The molecule has 1 fully saturated rings. The summed E-state index contributed by atoms with van der Waals surface area (Å²) in [7, 11) is 0. The summed E-state index contributed by atoms with van der Waals surface area (Å²) in [5, 5.41) is 3.03. The molecule has 0 bridgehead atoms. The number of pyridine rings is 1. The first-order valence-corrected chi connectivity index (χ1v) is 10.8. The molecule has 1 N–H and O–H groups in total. The Kier molecular flexibility index (Phi) is 6.93. The molecule has 0 spiro atoms. The maximum Gasteiger partial charge on any atom is 0.417 e. The van der Waals surface area contributed by atoms with Crippen molar-refractivity contribution in [3.63, 3.8) is 0 Å². The van der Waals surface area contributed by atoms with Gasteiger partial charge in [0.1, 0.15) is 5.82 Å². The second kappa shape index (κ2) is 10.0. The summed E-state index contributed by atoms with van der Waals surface area (Å²) in [5.41, 5.74) is 2.27. The lowest BCUT2D eigenvalue weighted by Crippen LogP contribution is -2.49. The number of piperazine rings is 1. The number of alkyl halides is 3. The monoisotopic (exact) mass is 454 g/mol. The van der Waals surface area contributed by atoms with E-state index in [1.165, 1.54) is 11.6 Å². The van der Waals surface area contributed by atoms with Gasteiger partial charge in [0.05, 0.1) is 12.1 Å². The highest BCUT2D eigenvalue weighted by atomic mass is 19.4. The molecule has 1 aromatic heterocycles. The molecular weight excluding hydrogens is 429 g/mol. The Labute approximate surface area is 190 Å².